The van der Waals surface area contributed by atoms with Crippen molar-refractivity contribution in [3.05, 3.63) is 11.8 Å². The summed E-state index contributed by atoms with van der Waals surface area (Å²) in [5.41, 5.74) is 1.20. The molecule has 1 aromatic heterocycles. The minimum absolute atomic E-state index is 0.916. The highest BCUT2D eigenvalue weighted by Gasteiger charge is 2.19. The van der Waals surface area contributed by atoms with Gasteiger partial charge >= 0.3 is 0 Å². The number of nitrogens with zero attached hydrogens (tertiary/aromatic N) is 4. The van der Waals surface area contributed by atoms with Crippen molar-refractivity contribution in [1.82, 2.24) is 9.97 Å². The minimum Gasteiger partial charge on any atom is -0.355 e. The molecule has 0 amide bonds. The zero-order valence-corrected chi connectivity index (χ0v) is 13.0. The first-order valence-electron chi connectivity index (χ1n) is 6.83. The molecule has 0 atom stereocenters. The van der Waals surface area contributed by atoms with Crippen LogP contribution in [0.5, 0.6) is 0 Å². The Morgan fingerprint density at radius 1 is 0.947 bits per heavy atom. The zero-order chi connectivity index (χ0) is 13.1. The van der Waals surface area contributed by atoms with Crippen molar-refractivity contribution in [2.75, 3.05) is 59.0 Å². The third kappa shape index (κ3) is 3.11. The van der Waals surface area contributed by atoms with Gasteiger partial charge in [-0.25, -0.2) is 4.98 Å². The maximum Gasteiger partial charge on any atom is 0.227 e. The van der Waals surface area contributed by atoms with Gasteiger partial charge in [0.1, 0.15) is 5.82 Å². The van der Waals surface area contributed by atoms with Gasteiger partial charge < -0.3 is 9.80 Å². The van der Waals surface area contributed by atoms with E-state index in [-0.39, 0.29) is 0 Å². The van der Waals surface area contributed by atoms with Gasteiger partial charge in [-0.1, -0.05) is 0 Å². The normalized spacial score (nSPS) is 20.7. The average Bonchev–Trinajstić information content (AvgIpc) is 2.49. The molecule has 0 bridgehead atoms. The summed E-state index contributed by atoms with van der Waals surface area (Å²) in [5, 5.41) is 0. The van der Waals surface area contributed by atoms with E-state index in [1.807, 2.05) is 29.7 Å². The molecule has 19 heavy (non-hydrogen) atoms. The van der Waals surface area contributed by atoms with Gasteiger partial charge in [-0.2, -0.15) is 28.5 Å². The Morgan fingerprint density at radius 3 is 2.16 bits per heavy atom. The molecule has 6 heteroatoms. The zero-order valence-electron chi connectivity index (χ0n) is 11.3. The van der Waals surface area contributed by atoms with Crippen molar-refractivity contribution in [3.63, 3.8) is 0 Å². The molecule has 0 aromatic carbocycles. The van der Waals surface area contributed by atoms with E-state index >= 15 is 0 Å². The predicted molar refractivity (Wildman–Crippen MR) is 85.8 cm³/mol. The second-order valence-corrected chi connectivity index (χ2v) is 7.32. The number of rotatable bonds is 2. The Hall–Kier alpha value is -0.620. The summed E-state index contributed by atoms with van der Waals surface area (Å²) in [7, 11) is 0. The van der Waals surface area contributed by atoms with Crippen LogP contribution in [0, 0.1) is 6.92 Å². The molecule has 0 aliphatic carbocycles. The topological polar surface area (TPSA) is 32.3 Å². The van der Waals surface area contributed by atoms with E-state index in [1.165, 1.54) is 28.6 Å². The van der Waals surface area contributed by atoms with Crippen LogP contribution in [0.1, 0.15) is 5.56 Å². The summed E-state index contributed by atoms with van der Waals surface area (Å²) in [5.74, 6) is 6.85. The smallest absolute Gasteiger partial charge is 0.227 e. The van der Waals surface area contributed by atoms with Gasteiger partial charge in [0.15, 0.2) is 0 Å². The molecule has 3 heterocycles. The summed E-state index contributed by atoms with van der Waals surface area (Å²) in [6.07, 6.45) is 1.99. The predicted octanol–water partition coefficient (Wildman–Crippen LogP) is 1.89. The van der Waals surface area contributed by atoms with Crippen molar-refractivity contribution in [1.29, 1.82) is 0 Å². The maximum atomic E-state index is 4.84. The van der Waals surface area contributed by atoms with Crippen LogP contribution in [-0.2, 0) is 0 Å². The van der Waals surface area contributed by atoms with Gasteiger partial charge in [0.05, 0.1) is 0 Å². The Labute approximate surface area is 123 Å². The minimum atomic E-state index is 0.916. The van der Waals surface area contributed by atoms with Crippen LogP contribution in [0.3, 0.4) is 0 Å². The van der Waals surface area contributed by atoms with Crippen molar-refractivity contribution >= 4 is 35.3 Å². The maximum absolute atomic E-state index is 4.84. The van der Waals surface area contributed by atoms with Gasteiger partial charge in [-0.3, -0.25) is 0 Å². The number of thioether (sulfide) groups is 2. The number of anilines is 2. The van der Waals surface area contributed by atoms with E-state index in [4.69, 9.17) is 4.98 Å². The van der Waals surface area contributed by atoms with Crippen molar-refractivity contribution < 1.29 is 0 Å². The highest BCUT2D eigenvalue weighted by atomic mass is 32.2. The fourth-order valence-electron chi connectivity index (χ4n) is 2.44. The quantitative estimate of drug-likeness (QED) is 0.829. The highest BCUT2D eigenvalue weighted by Crippen LogP contribution is 2.24. The van der Waals surface area contributed by atoms with Crippen LogP contribution in [0.4, 0.5) is 11.8 Å². The Balaban J connectivity index is 1.82. The van der Waals surface area contributed by atoms with Crippen LogP contribution in [0.2, 0.25) is 0 Å². The molecule has 0 saturated carbocycles. The summed E-state index contributed by atoms with van der Waals surface area (Å²) in [6.45, 7) is 6.48. The van der Waals surface area contributed by atoms with E-state index < -0.39 is 0 Å². The molecule has 2 fully saturated rings. The number of hydrogen-bond acceptors (Lipinski definition) is 6. The molecular formula is C13H20N4S2. The summed E-state index contributed by atoms with van der Waals surface area (Å²) in [4.78, 5) is 14.1. The number of aryl methyl sites for hydroxylation is 1. The second-order valence-electron chi connectivity index (χ2n) is 4.88. The summed E-state index contributed by atoms with van der Waals surface area (Å²) >= 11 is 4.05. The van der Waals surface area contributed by atoms with Crippen LogP contribution in [0.15, 0.2) is 6.20 Å². The van der Waals surface area contributed by atoms with E-state index in [1.54, 1.807) is 0 Å². The fourth-order valence-corrected chi connectivity index (χ4v) is 4.24. The molecular weight excluding hydrogens is 276 g/mol. The molecule has 4 nitrogen and oxygen atoms in total. The lowest BCUT2D eigenvalue weighted by Gasteiger charge is -2.31. The Morgan fingerprint density at radius 2 is 1.53 bits per heavy atom. The molecule has 2 saturated heterocycles. The first-order chi connectivity index (χ1) is 9.34. The van der Waals surface area contributed by atoms with Crippen molar-refractivity contribution in [2.24, 2.45) is 0 Å². The van der Waals surface area contributed by atoms with Crippen LogP contribution < -0.4 is 9.80 Å². The molecule has 1 aromatic rings. The Kier molecular flexibility index (Phi) is 4.38. The molecule has 0 unspecified atom stereocenters. The lowest BCUT2D eigenvalue weighted by molar-refractivity contribution is 0.789. The molecule has 0 radical (unpaired) electrons. The average molecular weight is 296 g/mol. The van der Waals surface area contributed by atoms with Crippen molar-refractivity contribution in [3.8, 4) is 0 Å². The Bertz CT molecular complexity index is 429. The van der Waals surface area contributed by atoms with Crippen LogP contribution in [0.25, 0.3) is 0 Å². The van der Waals surface area contributed by atoms with Gasteiger partial charge in [0, 0.05) is 61.0 Å². The lowest BCUT2D eigenvalue weighted by Crippen LogP contribution is -2.36. The molecule has 0 spiro atoms. The van der Waals surface area contributed by atoms with E-state index in [0.29, 0.717) is 0 Å². The van der Waals surface area contributed by atoms with E-state index in [2.05, 4.69) is 21.7 Å². The molecule has 104 valence electrons. The number of hydrogen-bond donors (Lipinski definition) is 0. The summed E-state index contributed by atoms with van der Waals surface area (Å²) in [6, 6.07) is 0. The summed E-state index contributed by atoms with van der Waals surface area (Å²) < 4.78 is 0. The molecule has 2 aliphatic heterocycles. The fraction of sp³-hybridized carbons (Fsp3) is 0.692. The van der Waals surface area contributed by atoms with Crippen LogP contribution >= 0.6 is 23.5 Å². The van der Waals surface area contributed by atoms with E-state index in [0.717, 1.165) is 37.9 Å². The highest BCUT2D eigenvalue weighted by molar-refractivity contribution is 7.99. The van der Waals surface area contributed by atoms with Gasteiger partial charge in [-0.05, 0) is 6.92 Å². The second kappa shape index (κ2) is 6.22. The first kappa shape index (κ1) is 13.4. The first-order valence-corrected chi connectivity index (χ1v) is 9.14. The van der Waals surface area contributed by atoms with Gasteiger partial charge in [-0.15, -0.1) is 0 Å². The van der Waals surface area contributed by atoms with Crippen molar-refractivity contribution in [2.45, 2.75) is 6.92 Å². The monoisotopic (exact) mass is 296 g/mol. The SMILES string of the molecule is Cc1cnc(N2CCSCC2)nc1N1CCSCC1. The lowest BCUT2D eigenvalue weighted by atomic mass is 10.3. The third-order valence-electron chi connectivity index (χ3n) is 3.54. The molecule has 3 rings (SSSR count). The molecule has 2 aliphatic rings. The molecule has 0 N–H and O–H groups in total. The third-order valence-corrected chi connectivity index (χ3v) is 5.42. The van der Waals surface area contributed by atoms with Gasteiger partial charge in [0.25, 0.3) is 0 Å². The number of aromatic nitrogens is 2. The standard InChI is InChI=1S/C13H20N4S2/c1-11-10-14-13(17-4-8-19-9-5-17)15-12(11)16-2-6-18-7-3-16/h10H,2-9H2,1H3. The van der Waals surface area contributed by atoms with Gasteiger partial charge in [0.2, 0.25) is 5.95 Å². The van der Waals surface area contributed by atoms with Crippen LogP contribution in [-0.4, -0.2) is 59.2 Å². The van der Waals surface area contributed by atoms with E-state index in [9.17, 15) is 0 Å². The largest absolute Gasteiger partial charge is 0.355 e.